The Kier molecular flexibility index (Phi) is 5.02. The molecule has 1 heterocycles. The summed E-state index contributed by atoms with van der Waals surface area (Å²) in [5.41, 5.74) is 2.75. The number of rotatable bonds is 4. The highest BCUT2D eigenvalue weighted by Gasteiger charge is 2.25. The van der Waals surface area contributed by atoms with E-state index in [4.69, 9.17) is 0 Å². The molecule has 1 aliphatic rings. The van der Waals surface area contributed by atoms with E-state index in [-0.39, 0.29) is 16.7 Å². The number of sulfonamides is 1. The topological polar surface area (TPSA) is 69.7 Å². The Balaban J connectivity index is 1.87. The van der Waals surface area contributed by atoms with Gasteiger partial charge in [0.15, 0.2) is 0 Å². The zero-order chi connectivity index (χ0) is 18.9. The SMILES string of the molecule is CC1CN(Cc2ccc(S(=O)(=O)N(C)C)cc2)c2ccccc2NC1=O. The summed E-state index contributed by atoms with van der Waals surface area (Å²) in [6, 6.07) is 14.6. The van der Waals surface area contributed by atoms with Gasteiger partial charge in [-0.2, -0.15) is 0 Å². The lowest BCUT2D eigenvalue weighted by Gasteiger charge is -2.25. The Labute approximate surface area is 154 Å². The summed E-state index contributed by atoms with van der Waals surface area (Å²) in [6.07, 6.45) is 0. The average Bonchev–Trinajstić information content (AvgIpc) is 2.72. The smallest absolute Gasteiger partial charge is 0.242 e. The number of anilines is 2. The first kappa shape index (κ1) is 18.4. The predicted octanol–water partition coefficient (Wildman–Crippen LogP) is 2.53. The zero-order valence-corrected chi connectivity index (χ0v) is 16.0. The van der Waals surface area contributed by atoms with Crippen molar-refractivity contribution in [2.45, 2.75) is 18.4 Å². The Bertz CT molecular complexity index is 908. The highest BCUT2D eigenvalue weighted by molar-refractivity contribution is 7.89. The molecule has 0 aliphatic carbocycles. The Hall–Kier alpha value is -2.38. The van der Waals surface area contributed by atoms with Crippen LogP contribution < -0.4 is 10.2 Å². The molecule has 7 heteroatoms. The predicted molar refractivity (Wildman–Crippen MR) is 103 cm³/mol. The van der Waals surface area contributed by atoms with Crippen LogP contribution in [0.1, 0.15) is 12.5 Å². The van der Waals surface area contributed by atoms with Crippen LogP contribution in [0.25, 0.3) is 0 Å². The van der Waals surface area contributed by atoms with Gasteiger partial charge in [-0.1, -0.05) is 31.2 Å². The normalized spacial score (nSPS) is 17.6. The molecular formula is C19H23N3O3S. The molecule has 138 valence electrons. The van der Waals surface area contributed by atoms with Gasteiger partial charge in [-0.3, -0.25) is 4.79 Å². The van der Waals surface area contributed by atoms with Crippen LogP contribution in [0.3, 0.4) is 0 Å². The quantitative estimate of drug-likeness (QED) is 0.894. The van der Waals surface area contributed by atoms with Crippen molar-refractivity contribution in [3.8, 4) is 0 Å². The van der Waals surface area contributed by atoms with E-state index in [1.165, 1.54) is 18.4 Å². The van der Waals surface area contributed by atoms with Gasteiger partial charge in [0, 0.05) is 27.2 Å². The molecule has 1 atom stereocenters. The summed E-state index contributed by atoms with van der Waals surface area (Å²) in [7, 11) is -0.399. The number of hydrogen-bond donors (Lipinski definition) is 1. The molecule has 0 bridgehead atoms. The molecule has 1 unspecified atom stereocenters. The van der Waals surface area contributed by atoms with E-state index >= 15 is 0 Å². The molecule has 1 N–H and O–H groups in total. The van der Waals surface area contributed by atoms with Crippen LogP contribution in [0.5, 0.6) is 0 Å². The average molecular weight is 373 g/mol. The molecule has 0 saturated heterocycles. The fourth-order valence-corrected chi connectivity index (χ4v) is 3.87. The Morgan fingerprint density at radius 1 is 1.12 bits per heavy atom. The van der Waals surface area contributed by atoms with Crippen LogP contribution in [0.4, 0.5) is 11.4 Å². The van der Waals surface area contributed by atoms with Gasteiger partial charge in [-0.15, -0.1) is 0 Å². The monoisotopic (exact) mass is 373 g/mol. The summed E-state index contributed by atoms with van der Waals surface area (Å²) in [5.74, 6) is -0.136. The third-order valence-corrected chi connectivity index (χ3v) is 6.35. The second kappa shape index (κ2) is 7.09. The number of amides is 1. The lowest BCUT2D eigenvalue weighted by Crippen LogP contribution is -2.30. The summed E-state index contributed by atoms with van der Waals surface area (Å²) in [4.78, 5) is 14.6. The minimum Gasteiger partial charge on any atom is -0.365 e. The molecule has 1 aliphatic heterocycles. The number of hydrogen-bond acceptors (Lipinski definition) is 4. The number of carbonyl (C=O) groups excluding carboxylic acids is 1. The van der Waals surface area contributed by atoms with E-state index in [1.54, 1.807) is 12.1 Å². The van der Waals surface area contributed by atoms with E-state index in [0.717, 1.165) is 16.9 Å². The fraction of sp³-hybridized carbons (Fsp3) is 0.316. The van der Waals surface area contributed by atoms with Crippen molar-refractivity contribution in [1.29, 1.82) is 0 Å². The van der Waals surface area contributed by atoms with E-state index < -0.39 is 10.0 Å². The van der Waals surface area contributed by atoms with Gasteiger partial charge in [-0.25, -0.2) is 12.7 Å². The van der Waals surface area contributed by atoms with Crippen LogP contribution in [-0.2, 0) is 21.4 Å². The highest BCUT2D eigenvalue weighted by atomic mass is 32.2. The van der Waals surface area contributed by atoms with Gasteiger partial charge in [0.05, 0.1) is 22.2 Å². The van der Waals surface area contributed by atoms with Crippen LogP contribution >= 0.6 is 0 Å². The maximum absolute atomic E-state index is 12.2. The van der Waals surface area contributed by atoms with E-state index in [2.05, 4.69) is 10.2 Å². The molecule has 0 spiro atoms. The molecule has 26 heavy (non-hydrogen) atoms. The third-order valence-electron chi connectivity index (χ3n) is 4.52. The largest absolute Gasteiger partial charge is 0.365 e. The Morgan fingerprint density at radius 3 is 2.42 bits per heavy atom. The van der Waals surface area contributed by atoms with Crippen molar-refractivity contribution in [1.82, 2.24) is 4.31 Å². The standard InChI is InChI=1S/C19H23N3O3S/c1-14-12-22(18-7-5-4-6-17(18)20-19(14)23)13-15-8-10-16(11-9-15)26(24,25)21(2)3/h4-11,14H,12-13H2,1-3H3,(H,20,23). The second-order valence-electron chi connectivity index (χ2n) is 6.72. The van der Waals surface area contributed by atoms with Crippen LogP contribution in [0.2, 0.25) is 0 Å². The third kappa shape index (κ3) is 3.59. The lowest BCUT2D eigenvalue weighted by molar-refractivity contribution is -0.119. The van der Waals surface area contributed by atoms with Crippen molar-refractivity contribution in [3.63, 3.8) is 0 Å². The number of nitrogens with one attached hydrogen (secondary N) is 1. The van der Waals surface area contributed by atoms with Crippen LogP contribution in [-0.4, -0.2) is 39.3 Å². The zero-order valence-electron chi connectivity index (χ0n) is 15.1. The van der Waals surface area contributed by atoms with Crippen molar-refractivity contribution in [2.75, 3.05) is 30.9 Å². The van der Waals surface area contributed by atoms with Gasteiger partial charge >= 0.3 is 0 Å². The summed E-state index contributed by atoms with van der Waals surface area (Å²) >= 11 is 0. The molecule has 0 saturated carbocycles. The Morgan fingerprint density at radius 2 is 1.77 bits per heavy atom. The van der Waals surface area contributed by atoms with Crippen molar-refractivity contribution >= 4 is 27.3 Å². The summed E-state index contributed by atoms with van der Waals surface area (Å²) in [6.45, 7) is 3.10. The van der Waals surface area contributed by atoms with E-state index in [0.29, 0.717) is 13.1 Å². The number of benzene rings is 2. The van der Waals surface area contributed by atoms with Gasteiger partial charge < -0.3 is 10.2 Å². The maximum Gasteiger partial charge on any atom is 0.242 e. The molecule has 1 amide bonds. The van der Waals surface area contributed by atoms with Crippen LogP contribution in [0, 0.1) is 5.92 Å². The highest BCUT2D eigenvalue weighted by Crippen LogP contribution is 2.31. The molecule has 2 aromatic rings. The first-order chi connectivity index (χ1) is 12.3. The molecular weight excluding hydrogens is 350 g/mol. The lowest BCUT2D eigenvalue weighted by atomic mass is 10.1. The number of nitrogens with zero attached hydrogens (tertiary/aromatic N) is 2. The minimum atomic E-state index is -3.43. The van der Waals surface area contributed by atoms with Crippen molar-refractivity contribution in [2.24, 2.45) is 5.92 Å². The molecule has 6 nitrogen and oxygen atoms in total. The van der Waals surface area contributed by atoms with E-state index in [1.807, 2.05) is 43.3 Å². The van der Waals surface area contributed by atoms with Gasteiger partial charge in [-0.05, 0) is 29.8 Å². The maximum atomic E-state index is 12.2. The molecule has 0 aromatic heterocycles. The van der Waals surface area contributed by atoms with Crippen molar-refractivity contribution < 1.29 is 13.2 Å². The van der Waals surface area contributed by atoms with E-state index in [9.17, 15) is 13.2 Å². The minimum absolute atomic E-state index is 0.00683. The first-order valence-corrected chi connectivity index (χ1v) is 9.89. The molecule has 0 fully saturated rings. The molecule has 3 rings (SSSR count). The van der Waals surface area contributed by atoms with Gasteiger partial charge in [0.1, 0.15) is 0 Å². The number of fused-ring (bicyclic) bond motifs is 1. The number of carbonyl (C=O) groups is 1. The van der Waals surface area contributed by atoms with Gasteiger partial charge in [0.2, 0.25) is 15.9 Å². The van der Waals surface area contributed by atoms with Crippen molar-refractivity contribution in [3.05, 3.63) is 54.1 Å². The fourth-order valence-electron chi connectivity index (χ4n) is 2.97. The summed E-state index contributed by atoms with van der Waals surface area (Å²) in [5, 5.41) is 2.96. The van der Waals surface area contributed by atoms with Gasteiger partial charge in [0.25, 0.3) is 0 Å². The van der Waals surface area contributed by atoms with Crippen LogP contribution in [0.15, 0.2) is 53.4 Å². The second-order valence-corrected chi connectivity index (χ2v) is 8.87. The first-order valence-electron chi connectivity index (χ1n) is 8.45. The molecule has 2 aromatic carbocycles. The number of para-hydroxylation sites is 2. The summed E-state index contributed by atoms with van der Waals surface area (Å²) < 4.78 is 25.6. The molecule has 0 radical (unpaired) electrons.